The molecule has 0 N–H and O–H groups in total. The van der Waals surface area contributed by atoms with Crippen LogP contribution in [0.15, 0.2) is 97.1 Å². The Morgan fingerprint density at radius 3 is 0.967 bits per heavy atom. The predicted octanol–water partition coefficient (Wildman–Crippen LogP) is 0.345. The van der Waals surface area contributed by atoms with Crippen molar-refractivity contribution in [3.8, 4) is 0 Å². The minimum atomic E-state index is -0.0756. The molecule has 0 heterocycles. The first-order chi connectivity index (χ1) is 14.6. The van der Waals surface area contributed by atoms with Crippen molar-refractivity contribution in [3.63, 3.8) is 0 Å². The van der Waals surface area contributed by atoms with Crippen molar-refractivity contribution in [1.29, 1.82) is 0 Å². The lowest BCUT2D eigenvalue weighted by Crippen LogP contribution is -3.61. The van der Waals surface area contributed by atoms with Crippen LogP contribution in [0, 0.1) is 28.1 Å². The standard InChI is InChI=1S/C28H26I2/c1-21-3-13-25(14-4-21)29-27-17-9-23(10-18-27)7-8-24-11-19-28(20-12-24)30-26-15-5-22(2)6-16-26/h3-6,9-20H,7-8H2,1-2H3/q+2. The van der Waals surface area contributed by atoms with E-state index in [4.69, 9.17) is 0 Å². The van der Waals surface area contributed by atoms with Crippen LogP contribution in [-0.2, 0) is 12.8 Å². The van der Waals surface area contributed by atoms with Gasteiger partial charge in [-0.3, -0.25) is 0 Å². The van der Waals surface area contributed by atoms with Crippen LogP contribution in [0.2, 0.25) is 0 Å². The molecule has 0 atom stereocenters. The summed E-state index contributed by atoms with van der Waals surface area (Å²) in [5, 5.41) is 0. The Balaban J connectivity index is 1.29. The molecule has 0 fully saturated rings. The molecule has 0 saturated heterocycles. The molecule has 0 aliphatic carbocycles. The highest BCUT2D eigenvalue weighted by molar-refractivity contribution is 5.20. The molecule has 4 aromatic carbocycles. The van der Waals surface area contributed by atoms with Crippen LogP contribution < -0.4 is 42.4 Å². The molecule has 150 valence electrons. The number of hydrogen-bond acceptors (Lipinski definition) is 0. The molecule has 0 bridgehead atoms. The number of rotatable bonds is 7. The zero-order valence-corrected chi connectivity index (χ0v) is 21.7. The molecule has 0 aliphatic heterocycles. The van der Waals surface area contributed by atoms with Crippen LogP contribution >= 0.6 is 0 Å². The first-order valence-corrected chi connectivity index (χ1v) is 14.6. The van der Waals surface area contributed by atoms with E-state index in [1.165, 1.54) is 36.5 Å². The van der Waals surface area contributed by atoms with Crippen molar-refractivity contribution in [3.05, 3.63) is 134 Å². The normalized spacial score (nSPS) is 10.9. The quantitative estimate of drug-likeness (QED) is 0.263. The van der Waals surface area contributed by atoms with E-state index in [0.29, 0.717) is 0 Å². The fourth-order valence-electron chi connectivity index (χ4n) is 3.16. The van der Waals surface area contributed by atoms with Crippen molar-refractivity contribution in [2.45, 2.75) is 26.7 Å². The molecule has 0 nitrogen and oxygen atoms in total. The lowest BCUT2D eigenvalue weighted by molar-refractivity contribution is -0.597. The Morgan fingerprint density at radius 2 is 0.667 bits per heavy atom. The smallest absolute Gasteiger partial charge is 0.0548 e. The molecular weight excluding hydrogens is 590 g/mol. The van der Waals surface area contributed by atoms with Crippen molar-refractivity contribution in [1.82, 2.24) is 0 Å². The lowest BCUT2D eigenvalue weighted by Gasteiger charge is -2.02. The SMILES string of the molecule is Cc1ccc([I+]c2ccc(CCc3ccc([I+]c4ccc(C)cc4)cc3)cc2)cc1. The second kappa shape index (κ2) is 10.6. The first kappa shape index (κ1) is 21.6. The van der Waals surface area contributed by atoms with E-state index in [1.54, 1.807) is 0 Å². The summed E-state index contributed by atoms with van der Waals surface area (Å²) < 4.78 is 5.96. The van der Waals surface area contributed by atoms with Crippen LogP contribution in [0.5, 0.6) is 0 Å². The first-order valence-electron chi connectivity index (χ1n) is 10.2. The molecule has 0 aliphatic rings. The third-order valence-electron chi connectivity index (χ3n) is 4.99. The Labute approximate surface area is 201 Å². The summed E-state index contributed by atoms with van der Waals surface area (Å²) in [6.07, 6.45) is 2.21. The molecule has 30 heavy (non-hydrogen) atoms. The van der Waals surface area contributed by atoms with E-state index < -0.39 is 0 Å². The van der Waals surface area contributed by atoms with Gasteiger partial charge in [0.25, 0.3) is 0 Å². The fourth-order valence-corrected chi connectivity index (χ4v) is 7.48. The Morgan fingerprint density at radius 1 is 0.400 bits per heavy atom. The average Bonchev–Trinajstić information content (AvgIpc) is 2.77. The zero-order valence-electron chi connectivity index (χ0n) is 17.4. The molecule has 2 heteroatoms. The summed E-state index contributed by atoms with van der Waals surface area (Å²) in [5.41, 5.74) is 5.54. The minimum absolute atomic E-state index is 0.0756. The Hall–Kier alpha value is -1.66. The van der Waals surface area contributed by atoms with Gasteiger partial charge in [-0.25, -0.2) is 0 Å². The van der Waals surface area contributed by atoms with Crippen LogP contribution in [0.25, 0.3) is 0 Å². The van der Waals surface area contributed by atoms with Crippen LogP contribution in [-0.4, -0.2) is 0 Å². The van der Waals surface area contributed by atoms with Gasteiger partial charge in [0.15, 0.2) is 14.3 Å². The van der Waals surface area contributed by atoms with Crippen LogP contribution in [0.4, 0.5) is 0 Å². The molecule has 0 amide bonds. The second-order valence-electron chi connectivity index (χ2n) is 7.53. The third kappa shape index (κ3) is 6.42. The van der Waals surface area contributed by atoms with Gasteiger partial charge in [0.1, 0.15) is 0 Å². The van der Waals surface area contributed by atoms with Crippen molar-refractivity contribution in [2.75, 3.05) is 0 Å². The molecule has 0 aromatic heterocycles. The van der Waals surface area contributed by atoms with E-state index >= 15 is 0 Å². The van der Waals surface area contributed by atoms with Gasteiger partial charge < -0.3 is 0 Å². The molecule has 0 spiro atoms. The summed E-state index contributed by atoms with van der Waals surface area (Å²) in [5.74, 6) is 0. The van der Waals surface area contributed by atoms with Gasteiger partial charge in [-0.05, 0) is 86.3 Å². The Bertz CT molecular complexity index is 971. The minimum Gasteiger partial charge on any atom is -0.0548 e. The maximum atomic E-state index is 2.33. The van der Waals surface area contributed by atoms with Gasteiger partial charge in [0.2, 0.25) is 0 Å². The second-order valence-corrected chi connectivity index (χ2v) is 13.6. The monoisotopic (exact) mass is 616 g/mol. The average molecular weight is 616 g/mol. The van der Waals surface area contributed by atoms with Crippen molar-refractivity contribution >= 4 is 0 Å². The zero-order chi connectivity index (χ0) is 20.8. The predicted molar refractivity (Wildman–Crippen MR) is 117 cm³/mol. The van der Waals surface area contributed by atoms with E-state index in [-0.39, 0.29) is 42.4 Å². The summed E-state index contributed by atoms with van der Waals surface area (Å²) in [6, 6.07) is 36.6. The molecule has 0 unspecified atom stereocenters. The number of benzene rings is 4. The van der Waals surface area contributed by atoms with Gasteiger partial charge in [0, 0.05) is 0 Å². The van der Waals surface area contributed by atoms with E-state index in [9.17, 15) is 0 Å². The summed E-state index contributed by atoms with van der Waals surface area (Å²) >= 11 is -0.151. The molecule has 4 rings (SSSR count). The van der Waals surface area contributed by atoms with E-state index in [0.717, 1.165) is 12.8 Å². The van der Waals surface area contributed by atoms with Crippen molar-refractivity contribution < 1.29 is 42.4 Å². The third-order valence-corrected chi connectivity index (χ3v) is 10.4. The van der Waals surface area contributed by atoms with E-state index in [2.05, 4.69) is 111 Å². The maximum absolute atomic E-state index is 2.33. The lowest BCUT2D eigenvalue weighted by atomic mass is 10.0. The highest BCUT2D eigenvalue weighted by Crippen LogP contribution is 2.07. The molecule has 4 aromatic rings. The van der Waals surface area contributed by atoms with E-state index in [1.807, 2.05) is 0 Å². The highest BCUT2D eigenvalue weighted by Gasteiger charge is 2.16. The van der Waals surface area contributed by atoms with Crippen LogP contribution in [0.3, 0.4) is 0 Å². The fraction of sp³-hybridized carbons (Fsp3) is 0.143. The van der Waals surface area contributed by atoms with Crippen LogP contribution in [0.1, 0.15) is 22.3 Å². The maximum Gasteiger partial charge on any atom is 0.357 e. The number of halogens is 2. The summed E-state index contributed by atoms with van der Waals surface area (Å²) in [7, 11) is 0. The Kier molecular flexibility index (Phi) is 7.61. The van der Waals surface area contributed by atoms with Gasteiger partial charge in [0.05, 0.1) is 0 Å². The molecular formula is C28H26I2+2. The van der Waals surface area contributed by atoms with Gasteiger partial charge in [-0.1, -0.05) is 59.7 Å². The molecule has 0 radical (unpaired) electrons. The largest absolute Gasteiger partial charge is 0.357 e. The summed E-state index contributed by atoms with van der Waals surface area (Å²) in [4.78, 5) is 0. The van der Waals surface area contributed by atoms with Gasteiger partial charge in [-0.2, -0.15) is 0 Å². The topological polar surface area (TPSA) is 0 Å². The van der Waals surface area contributed by atoms with Gasteiger partial charge >= 0.3 is 42.4 Å². The summed E-state index contributed by atoms with van der Waals surface area (Å²) in [6.45, 7) is 4.30. The van der Waals surface area contributed by atoms with Gasteiger partial charge in [-0.15, -0.1) is 0 Å². The number of aryl methyl sites for hydroxylation is 4. The number of hydrogen-bond donors (Lipinski definition) is 0. The molecule has 0 saturated carbocycles. The van der Waals surface area contributed by atoms with Crippen molar-refractivity contribution in [2.24, 2.45) is 0 Å². The highest BCUT2D eigenvalue weighted by atomic mass is 127.